The zero-order chi connectivity index (χ0) is 8.69. The Bertz CT molecular complexity index is 214. The number of hydrogen-bond donors (Lipinski definition) is 0. The molecule has 1 rings (SSSR count). The van der Waals surface area contributed by atoms with E-state index >= 15 is 0 Å². The first-order valence-electron chi connectivity index (χ1n) is 3.13. The summed E-state index contributed by atoms with van der Waals surface area (Å²) < 4.78 is 0. The SMILES string of the molecule is C=O.Cc1ccc(C=O)cc1. The number of benzene rings is 1. The summed E-state index contributed by atoms with van der Waals surface area (Å²) in [5.74, 6) is 0. The molecule has 2 heteroatoms. The highest BCUT2D eigenvalue weighted by atomic mass is 16.1. The minimum Gasteiger partial charge on any atom is -0.307 e. The predicted octanol–water partition coefficient (Wildman–Crippen LogP) is 1.62. The van der Waals surface area contributed by atoms with Crippen LogP contribution in [0.3, 0.4) is 0 Å². The summed E-state index contributed by atoms with van der Waals surface area (Å²) in [5.41, 5.74) is 1.92. The van der Waals surface area contributed by atoms with Crippen LogP contribution in [0.5, 0.6) is 0 Å². The summed E-state index contributed by atoms with van der Waals surface area (Å²) in [5, 5.41) is 0. The van der Waals surface area contributed by atoms with E-state index in [0.29, 0.717) is 0 Å². The molecule has 0 fully saturated rings. The molecule has 0 saturated heterocycles. The zero-order valence-electron chi connectivity index (χ0n) is 6.41. The Hall–Kier alpha value is -1.44. The molecule has 0 aromatic heterocycles. The van der Waals surface area contributed by atoms with Gasteiger partial charge in [0.05, 0.1) is 0 Å². The van der Waals surface area contributed by atoms with Crippen LogP contribution in [0.1, 0.15) is 15.9 Å². The van der Waals surface area contributed by atoms with Gasteiger partial charge in [-0.05, 0) is 6.92 Å². The largest absolute Gasteiger partial charge is 0.307 e. The zero-order valence-corrected chi connectivity index (χ0v) is 6.41. The molecule has 0 saturated carbocycles. The van der Waals surface area contributed by atoms with Gasteiger partial charge in [0.25, 0.3) is 0 Å². The van der Waals surface area contributed by atoms with E-state index in [9.17, 15) is 4.79 Å². The number of carbonyl (C=O) groups is 2. The topological polar surface area (TPSA) is 34.1 Å². The van der Waals surface area contributed by atoms with Crippen molar-refractivity contribution in [2.75, 3.05) is 0 Å². The van der Waals surface area contributed by atoms with Gasteiger partial charge in [-0.3, -0.25) is 4.79 Å². The van der Waals surface area contributed by atoms with E-state index in [4.69, 9.17) is 4.79 Å². The van der Waals surface area contributed by atoms with E-state index in [2.05, 4.69) is 0 Å². The normalized spacial score (nSPS) is 7.73. The highest BCUT2D eigenvalue weighted by Gasteiger charge is 1.85. The molecule has 0 aliphatic carbocycles. The molecule has 0 N–H and O–H groups in total. The molecule has 0 aliphatic rings. The molecule has 0 heterocycles. The lowest BCUT2D eigenvalue weighted by Gasteiger charge is -1.89. The van der Waals surface area contributed by atoms with Crippen molar-refractivity contribution in [3.8, 4) is 0 Å². The Balaban J connectivity index is 0.000000461. The van der Waals surface area contributed by atoms with Crippen LogP contribution >= 0.6 is 0 Å². The van der Waals surface area contributed by atoms with Gasteiger partial charge in [-0.2, -0.15) is 0 Å². The fourth-order valence-electron chi connectivity index (χ4n) is 0.645. The maximum Gasteiger partial charge on any atom is 0.150 e. The molecular weight excluding hydrogens is 140 g/mol. The van der Waals surface area contributed by atoms with Gasteiger partial charge in [-0.15, -0.1) is 0 Å². The lowest BCUT2D eigenvalue weighted by atomic mass is 10.2. The Morgan fingerprint density at radius 3 is 2.00 bits per heavy atom. The van der Waals surface area contributed by atoms with E-state index < -0.39 is 0 Å². The highest BCUT2D eigenvalue weighted by molar-refractivity contribution is 5.74. The van der Waals surface area contributed by atoms with Crippen LogP contribution in [-0.4, -0.2) is 13.1 Å². The molecule has 0 radical (unpaired) electrons. The van der Waals surface area contributed by atoms with E-state index in [0.717, 1.165) is 11.8 Å². The third kappa shape index (κ3) is 3.30. The van der Waals surface area contributed by atoms with Gasteiger partial charge in [-0.25, -0.2) is 0 Å². The van der Waals surface area contributed by atoms with Gasteiger partial charge in [0.15, 0.2) is 0 Å². The first kappa shape index (κ1) is 9.56. The molecule has 11 heavy (non-hydrogen) atoms. The number of hydrogen-bond acceptors (Lipinski definition) is 2. The van der Waals surface area contributed by atoms with E-state index in [1.807, 2.05) is 38.0 Å². The van der Waals surface area contributed by atoms with Crippen molar-refractivity contribution in [1.29, 1.82) is 0 Å². The maximum atomic E-state index is 10.1. The van der Waals surface area contributed by atoms with Crippen molar-refractivity contribution in [3.63, 3.8) is 0 Å². The summed E-state index contributed by atoms with van der Waals surface area (Å²) in [6.45, 7) is 3.99. The fraction of sp³-hybridized carbons (Fsp3) is 0.111. The van der Waals surface area contributed by atoms with Gasteiger partial charge < -0.3 is 4.79 Å². The van der Waals surface area contributed by atoms with E-state index in [-0.39, 0.29) is 0 Å². The third-order valence-corrected chi connectivity index (χ3v) is 1.21. The first-order chi connectivity index (χ1) is 5.33. The first-order valence-corrected chi connectivity index (χ1v) is 3.13. The minimum atomic E-state index is 0.737. The number of aryl methyl sites for hydroxylation is 1. The van der Waals surface area contributed by atoms with Crippen LogP contribution < -0.4 is 0 Å². The molecule has 58 valence electrons. The van der Waals surface area contributed by atoms with Crippen molar-refractivity contribution in [1.82, 2.24) is 0 Å². The summed E-state index contributed by atoms with van der Waals surface area (Å²) in [6.07, 6.45) is 0.847. The predicted molar refractivity (Wildman–Crippen MR) is 43.7 cm³/mol. The van der Waals surface area contributed by atoms with Crippen LogP contribution in [0.15, 0.2) is 24.3 Å². The minimum absolute atomic E-state index is 0.737. The van der Waals surface area contributed by atoms with Crippen molar-refractivity contribution < 1.29 is 9.59 Å². The monoisotopic (exact) mass is 150 g/mol. The third-order valence-electron chi connectivity index (χ3n) is 1.21. The standard InChI is InChI=1S/C8H8O.CH2O/c1-7-2-4-8(6-9)5-3-7;1-2/h2-6H,1H3;1H2. The molecule has 1 aromatic rings. The Morgan fingerprint density at radius 2 is 1.64 bits per heavy atom. The smallest absolute Gasteiger partial charge is 0.150 e. The molecular formula is C9H10O2. The average molecular weight is 150 g/mol. The lowest BCUT2D eigenvalue weighted by molar-refractivity contribution is -0.0979. The lowest BCUT2D eigenvalue weighted by Crippen LogP contribution is -1.77. The van der Waals surface area contributed by atoms with Crippen molar-refractivity contribution >= 4 is 13.1 Å². The second kappa shape index (κ2) is 5.35. The second-order valence-electron chi connectivity index (χ2n) is 2.03. The Morgan fingerprint density at radius 1 is 1.18 bits per heavy atom. The second-order valence-corrected chi connectivity index (χ2v) is 2.03. The summed E-state index contributed by atoms with van der Waals surface area (Å²) >= 11 is 0. The highest BCUT2D eigenvalue weighted by Crippen LogP contribution is 1.98. The number of rotatable bonds is 1. The van der Waals surface area contributed by atoms with Gasteiger partial charge >= 0.3 is 0 Å². The fourth-order valence-corrected chi connectivity index (χ4v) is 0.645. The van der Waals surface area contributed by atoms with Crippen molar-refractivity contribution in [2.45, 2.75) is 6.92 Å². The van der Waals surface area contributed by atoms with Crippen LogP contribution in [-0.2, 0) is 4.79 Å². The Labute approximate surface area is 65.9 Å². The molecule has 0 unspecified atom stereocenters. The van der Waals surface area contributed by atoms with Gasteiger partial charge in [0.1, 0.15) is 13.1 Å². The van der Waals surface area contributed by atoms with Crippen LogP contribution in [0.4, 0.5) is 0 Å². The molecule has 0 aliphatic heterocycles. The van der Waals surface area contributed by atoms with E-state index in [1.165, 1.54) is 5.56 Å². The average Bonchev–Trinajstić information content (AvgIpc) is 2.10. The molecule has 0 amide bonds. The van der Waals surface area contributed by atoms with E-state index in [1.54, 1.807) is 0 Å². The number of carbonyl (C=O) groups excluding carboxylic acids is 2. The Kier molecular flexibility index (Phi) is 4.65. The van der Waals surface area contributed by atoms with Crippen LogP contribution in [0.2, 0.25) is 0 Å². The van der Waals surface area contributed by atoms with Crippen molar-refractivity contribution in [3.05, 3.63) is 35.4 Å². The maximum absolute atomic E-state index is 10.1. The summed E-state index contributed by atoms with van der Waals surface area (Å²) in [4.78, 5) is 18.1. The van der Waals surface area contributed by atoms with Gasteiger partial charge in [-0.1, -0.05) is 29.8 Å². The summed E-state index contributed by atoms with van der Waals surface area (Å²) in [7, 11) is 0. The quantitative estimate of drug-likeness (QED) is 0.570. The van der Waals surface area contributed by atoms with Crippen LogP contribution in [0.25, 0.3) is 0 Å². The molecule has 0 spiro atoms. The number of aldehydes is 1. The van der Waals surface area contributed by atoms with Crippen molar-refractivity contribution in [2.24, 2.45) is 0 Å². The summed E-state index contributed by atoms with van der Waals surface area (Å²) in [6, 6.07) is 7.46. The molecule has 0 bridgehead atoms. The van der Waals surface area contributed by atoms with Crippen LogP contribution in [0, 0.1) is 6.92 Å². The van der Waals surface area contributed by atoms with Gasteiger partial charge in [0, 0.05) is 5.56 Å². The molecule has 2 nitrogen and oxygen atoms in total. The molecule has 0 atom stereocenters. The van der Waals surface area contributed by atoms with Gasteiger partial charge in [0.2, 0.25) is 0 Å². The molecule has 1 aromatic carbocycles.